The van der Waals surface area contributed by atoms with E-state index < -0.39 is 0 Å². The average Bonchev–Trinajstić information content (AvgIpc) is 3.33. The topological polar surface area (TPSA) is 44.5 Å². The quantitative estimate of drug-likeness (QED) is 0.394. The van der Waals surface area contributed by atoms with Gasteiger partial charge in [0.1, 0.15) is 0 Å². The molecule has 2 N–H and O–H groups in total. The van der Waals surface area contributed by atoms with Crippen molar-refractivity contribution in [3.05, 3.63) is 104 Å². The lowest BCUT2D eigenvalue weighted by Crippen LogP contribution is -1.61. The van der Waals surface area contributed by atoms with Crippen LogP contribution in [-0.4, -0.2) is 15.0 Å². The van der Waals surface area contributed by atoms with Crippen LogP contribution >= 0.6 is 0 Å². The van der Waals surface area contributed by atoms with Gasteiger partial charge in [-0.3, -0.25) is 4.98 Å². The van der Waals surface area contributed by atoms with Crippen molar-refractivity contribution in [3.8, 4) is 0 Å². The minimum Gasteiger partial charge on any atom is -0.361 e. The van der Waals surface area contributed by atoms with Crippen LogP contribution in [-0.2, 0) is 0 Å². The highest BCUT2D eigenvalue weighted by Gasteiger charge is 1.87. The molecular formula is C21H19N3. The van der Waals surface area contributed by atoms with Crippen molar-refractivity contribution in [2.24, 2.45) is 0 Å². The predicted molar refractivity (Wildman–Crippen MR) is 101 cm³/mol. The normalized spacial score (nSPS) is 9.67. The van der Waals surface area contributed by atoms with Gasteiger partial charge in [-0.25, -0.2) is 0 Å². The number of nitrogens with zero attached hydrogens (tertiary/aromatic N) is 1. The number of benzene rings is 2. The molecule has 0 spiro atoms. The summed E-state index contributed by atoms with van der Waals surface area (Å²) in [6, 6.07) is 26.3. The number of nitrogens with one attached hydrogen (secondary N) is 2. The van der Waals surface area contributed by atoms with E-state index in [1.165, 1.54) is 21.8 Å². The highest BCUT2D eigenvalue weighted by Crippen LogP contribution is 2.09. The molecule has 0 radical (unpaired) electrons. The lowest BCUT2D eigenvalue weighted by molar-refractivity contribution is 1.33. The van der Waals surface area contributed by atoms with Crippen LogP contribution in [0.4, 0.5) is 0 Å². The summed E-state index contributed by atoms with van der Waals surface area (Å²) in [7, 11) is 0. The van der Waals surface area contributed by atoms with Gasteiger partial charge in [-0.15, -0.1) is 0 Å². The molecule has 0 bridgehead atoms. The van der Waals surface area contributed by atoms with Crippen LogP contribution in [0.3, 0.4) is 0 Å². The van der Waals surface area contributed by atoms with Crippen molar-refractivity contribution in [1.82, 2.24) is 15.0 Å². The zero-order valence-corrected chi connectivity index (χ0v) is 13.3. The van der Waals surface area contributed by atoms with Gasteiger partial charge in [0.15, 0.2) is 0 Å². The number of aromatic amines is 2. The molecule has 24 heavy (non-hydrogen) atoms. The molecule has 3 aromatic heterocycles. The second-order valence-electron chi connectivity index (χ2n) is 5.15. The van der Waals surface area contributed by atoms with Gasteiger partial charge in [0.05, 0.1) is 0 Å². The van der Waals surface area contributed by atoms with Crippen molar-refractivity contribution >= 4 is 21.8 Å². The Morgan fingerprint density at radius 2 is 1.00 bits per heavy atom. The van der Waals surface area contributed by atoms with Crippen LogP contribution < -0.4 is 0 Å². The van der Waals surface area contributed by atoms with E-state index in [1.54, 1.807) is 12.4 Å². The van der Waals surface area contributed by atoms with E-state index in [0.717, 1.165) is 0 Å². The van der Waals surface area contributed by atoms with E-state index in [0.29, 0.717) is 0 Å². The molecule has 0 fully saturated rings. The van der Waals surface area contributed by atoms with E-state index >= 15 is 0 Å². The molecular weight excluding hydrogens is 294 g/mol. The number of fused-ring (bicyclic) bond motifs is 2. The molecule has 3 nitrogen and oxygen atoms in total. The Labute approximate surface area is 141 Å². The SMILES string of the molecule is c1ccc2[nH]ccc2c1.c1ccc2[nH]ccc2c1.c1ccncc1. The van der Waals surface area contributed by atoms with Gasteiger partial charge >= 0.3 is 0 Å². The van der Waals surface area contributed by atoms with E-state index in [1.807, 2.05) is 54.9 Å². The predicted octanol–water partition coefficient (Wildman–Crippen LogP) is 5.42. The first-order valence-corrected chi connectivity index (χ1v) is 7.83. The minimum absolute atomic E-state index is 1.21. The summed E-state index contributed by atoms with van der Waals surface area (Å²) in [6.07, 6.45) is 7.40. The monoisotopic (exact) mass is 313 g/mol. The summed E-state index contributed by atoms with van der Waals surface area (Å²) < 4.78 is 0. The molecule has 5 rings (SSSR count). The highest BCUT2D eigenvalue weighted by atomic mass is 14.7. The van der Waals surface area contributed by atoms with Gasteiger partial charge in [-0.1, -0.05) is 42.5 Å². The smallest absolute Gasteiger partial charge is 0.0453 e. The molecule has 0 aliphatic carbocycles. The molecule has 0 atom stereocenters. The fraction of sp³-hybridized carbons (Fsp3) is 0. The maximum absolute atomic E-state index is 3.78. The van der Waals surface area contributed by atoms with Gasteiger partial charge in [0, 0.05) is 35.8 Å². The van der Waals surface area contributed by atoms with E-state index in [4.69, 9.17) is 0 Å². The van der Waals surface area contributed by atoms with E-state index in [2.05, 4.69) is 51.4 Å². The fourth-order valence-electron chi connectivity index (χ4n) is 2.30. The van der Waals surface area contributed by atoms with Crippen LogP contribution in [0.15, 0.2) is 104 Å². The highest BCUT2D eigenvalue weighted by molar-refractivity contribution is 5.79. The number of para-hydroxylation sites is 2. The summed E-state index contributed by atoms with van der Waals surface area (Å²) in [5, 5.41) is 2.55. The Balaban J connectivity index is 0.000000108. The fourth-order valence-corrected chi connectivity index (χ4v) is 2.30. The number of H-pyrrole nitrogens is 2. The number of aromatic nitrogens is 3. The van der Waals surface area contributed by atoms with Gasteiger partial charge in [-0.05, 0) is 47.2 Å². The Morgan fingerprint density at radius 3 is 1.38 bits per heavy atom. The van der Waals surface area contributed by atoms with Gasteiger partial charge < -0.3 is 9.97 Å². The molecule has 0 saturated heterocycles. The van der Waals surface area contributed by atoms with Crippen LogP contribution in [0.5, 0.6) is 0 Å². The van der Waals surface area contributed by atoms with Crippen molar-refractivity contribution in [2.75, 3.05) is 0 Å². The first-order chi connectivity index (χ1) is 11.9. The number of rotatable bonds is 0. The zero-order valence-electron chi connectivity index (χ0n) is 13.3. The third kappa shape index (κ3) is 4.34. The maximum Gasteiger partial charge on any atom is 0.0453 e. The lowest BCUT2D eigenvalue weighted by Gasteiger charge is -1.83. The van der Waals surface area contributed by atoms with Crippen LogP contribution in [0.2, 0.25) is 0 Å². The Bertz CT molecular complexity index is 815. The summed E-state index contributed by atoms with van der Waals surface area (Å²) in [6.45, 7) is 0. The first-order valence-electron chi connectivity index (χ1n) is 7.83. The Kier molecular flexibility index (Phi) is 5.41. The average molecular weight is 313 g/mol. The molecule has 0 unspecified atom stereocenters. The summed E-state index contributed by atoms with van der Waals surface area (Å²) in [5.74, 6) is 0. The summed E-state index contributed by atoms with van der Waals surface area (Å²) in [5.41, 5.74) is 2.41. The number of pyridine rings is 1. The van der Waals surface area contributed by atoms with Gasteiger partial charge in [-0.2, -0.15) is 0 Å². The minimum atomic E-state index is 1.21. The maximum atomic E-state index is 3.78. The van der Waals surface area contributed by atoms with Crippen LogP contribution in [0.1, 0.15) is 0 Å². The third-order valence-electron chi connectivity index (χ3n) is 3.49. The van der Waals surface area contributed by atoms with Crippen molar-refractivity contribution in [3.63, 3.8) is 0 Å². The summed E-state index contributed by atoms with van der Waals surface area (Å²) in [4.78, 5) is 10.0. The molecule has 0 amide bonds. The molecule has 0 saturated carbocycles. The lowest BCUT2D eigenvalue weighted by atomic mass is 10.3. The Morgan fingerprint density at radius 1 is 0.500 bits per heavy atom. The molecule has 3 heterocycles. The van der Waals surface area contributed by atoms with Crippen LogP contribution in [0, 0.1) is 0 Å². The number of hydrogen-bond donors (Lipinski definition) is 2. The van der Waals surface area contributed by atoms with Crippen molar-refractivity contribution in [2.45, 2.75) is 0 Å². The zero-order chi connectivity index (χ0) is 16.5. The first kappa shape index (κ1) is 15.6. The Hall–Kier alpha value is -3.33. The second-order valence-corrected chi connectivity index (χ2v) is 5.15. The van der Waals surface area contributed by atoms with E-state index in [-0.39, 0.29) is 0 Å². The van der Waals surface area contributed by atoms with E-state index in [9.17, 15) is 0 Å². The second kappa shape index (κ2) is 8.34. The summed E-state index contributed by atoms with van der Waals surface area (Å²) >= 11 is 0. The number of hydrogen-bond acceptors (Lipinski definition) is 1. The van der Waals surface area contributed by atoms with Crippen LogP contribution in [0.25, 0.3) is 21.8 Å². The molecule has 2 aromatic carbocycles. The molecule has 3 heteroatoms. The molecule has 5 aromatic rings. The van der Waals surface area contributed by atoms with Gasteiger partial charge in [0.2, 0.25) is 0 Å². The molecule has 118 valence electrons. The van der Waals surface area contributed by atoms with Gasteiger partial charge in [0.25, 0.3) is 0 Å². The van der Waals surface area contributed by atoms with Crippen molar-refractivity contribution in [1.29, 1.82) is 0 Å². The third-order valence-corrected chi connectivity index (χ3v) is 3.49. The largest absolute Gasteiger partial charge is 0.361 e. The van der Waals surface area contributed by atoms with Crippen molar-refractivity contribution < 1.29 is 0 Å². The standard InChI is InChI=1S/2C8H7N.C5H5N/c2*1-2-4-8-7(3-1)5-6-9-8;1-2-4-6-5-3-1/h2*1-6,9H;1-5H. The molecule has 0 aliphatic heterocycles. The molecule has 0 aliphatic rings.